The van der Waals surface area contributed by atoms with Gasteiger partial charge in [-0.3, -0.25) is 19.4 Å². The summed E-state index contributed by atoms with van der Waals surface area (Å²) in [6, 6.07) is 0. The maximum absolute atomic E-state index is 13.0. The van der Waals surface area contributed by atoms with Gasteiger partial charge in [-0.2, -0.15) is 0 Å². The van der Waals surface area contributed by atoms with Crippen LogP contribution in [0.5, 0.6) is 0 Å². The third-order valence-electron chi connectivity index (χ3n) is 9.30. The van der Waals surface area contributed by atoms with Crippen LogP contribution in [0.1, 0.15) is 148 Å². The first kappa shape index (κ1) is 48.4. The van der Waals surface area contributed by atoms with Crippen LogP contribution in [0, 0.1) is 5.92 Å². The summed E-state index contributed by atoms with van der Waals surface area (Å²) in [7, 11) is 0. The highest BCUT2D eigenvalue weighted by atomic mass is 16.5. The largest absolute Gasteiger partial charge is 0.464 e. The average Bonchev–Trinajstić information content (AvgIpc) is 3.10. The second kappa shape index (κ2) is 38.7. The molecule has 0 aromatic rings. The monoisotopic (exact) mass is 715 g/mol. The fourth-order valence-electron chi connectivity index (χ4n) is 6.18. The molecule has 4 N–H and O–H groups in total. The van der Waals surface area contributed by atoms with Crippen molar-refractivity contribution >= 4 is 11.9 Å². The summed E-state index contributed by atoms with van der Waals surface area (Å²) in [5, 5.41) is 36.8. The molecule has 0 heterocycles. The van der Waals surface area contributed by atoms with Crippen LogP contribution >= 0.6 is 0 Å². The summed E-state index contributed by atoms with van der Waals surface area (Å²) in [5.74, 6) is -1.48. The van der Waals surface area contributed by atoms with E-state index in [0.717, 1.165) is 32.1 Å². The SMILES string of the molecule is CCCCCCCCCCCCCCC=CCCCCCCCCC(CC(=O)OCCN(CCO)CCO)C(=O)OCCN(CCO)CCO. The molecule has 0 aromatic heterocycles. The summed E-state index contributed by atoms with van der Waals surface area (Å²) in [6.45, 7) is 4.63. The number of hydrogen-bond acceptors (Lipinski definition) is 10. The highest BCUT2D eigenvalue weighted by Gasteiger charge is 2.24. The third-order valence-corrected chi connectivity index (χ3v) is 9.30. The Morgan fingerprint density at radius 1 is 0.520 bits per heavy atom. The number of esters is 2. The van der Waals surface area contributed by atoms with Crippen molar-refractivity contribution in [3.63, 3.8) is 0 Å². The van der Waals surface area contributed by atoms with Gasteiger partial charge in [-0.25, -0.2) is 0 Å². The van der Waals surface area contributed by atoms with Crippen LogP contribution < -0.4 is 0 Å². The van der Waals surface area contributed by atoms with Crippen molar-refractivity contribution in [3.05, 3.63) is 12.2 Å². The molecular weight excluding hydrogens is 636 g/mol. The van der Waals surface area contributed by atoms with E-state index in [0.29, 0.717) is 45.7 Å². The molecule has 50 heavy (non-hydrogen) atoms. The molecule has 0 aliphatic carbocycles. The lowest BCUT2D eigenvalue weighted by molar-refractivity contribution is -0.156. The molecule has 10 heteroatoms. The number of rotatable bonds is 39. The number of hydrogen-bond donors (Lipinski definition) is 4. The van der Waals surface area contributed by atoms with Gasteiger partial charge in [0.15, 0.2) is 0 Å². The number of carbonyl (C=O) groups is 2. The van der Waals surface area contributed by atoms with Crippen LogP contribution in [0.3, 0.4) is 0 Å². The van der Waals surface area contributed by atoms with Gasteiger partial charge in [-0.1, -0.05) is 122 Å². The van der Waals surface area contributed by atoms with E-state index >= 15 is 0 Å². The van der Waals surface area contributed by atoms with E-state index in [9.17, 15) is 19.8 Å². The molecule has 296 valence electrons. The van der Waals surface area contributed by atoms with Crippen LogP contribution in [-0.2, 0) is 19.1 Å². The first-order valence-electron chi connectivity index (χ1n) is 20.4. The van der Waals surface area contributed by atoms with Crippen LogP contribution in [0.15, 0.2) is 12.2 Å². The summed E-state index contributed by atoms with van der Waals surface area (Å²) in [4.78, 5) is 29.2. The fraction of sp³-hybridized carbons (Fsp3) is 0.900. The van der Waals surface area contributed by atoms with Crippen molar-refractivity contribution in [1.82, 2.24) is 9.80 Å². The second-order valence-corrected chi connectivity index (χ2v) is 13.7. The van der Waals surface area contributed by atoms with Crippen LogP contribution in [-0.4, -0.2) is 121 Å². The molecule has 1 unspecified atom stereocenters. The van der Waals surface area contributed by atoms with Gasteiger partial charge in [0, 0.05) is 39.3 Å². The Balaban J connectivity index is 4.22. The molecule has 0 bridgehead atoms. The molecule has 10 nitrogen and oxygen atoms in total. The van der Waals surface area contributed by atoms with Crippen LogP contribution in [0.25, 0.3) is 0 Å². The van der Waals surface area contributed by atoms with E-state index in [4.69, 9.17) is 19.7 Å². The average molecular weight is 715 g/mol. The number of ether oxygens (including phenoxy) is 2. The molecule has 0 amide bonds. The molecule has 0 radical (unpaired) electrons. The summed E-state index contributed by atoms with van der Waals surface area (Å²) >= 11 is 0. The molecule has 0 saturated carbocycles. The normalized spacial score (nSPS) is 12.4. The zero-order valence-corrected chi connectivity index (χ0v) is 32.1. The Morgan fingerprint density at radius 3 is 1.32 bits per heavy atom. The Bertz CT molecular complexity index is 758. The van der Waals surface area contributed by atoms with Crippen LogP contribution in [0.2, 0.25) is 0 Å². The minimum atomic E-state index is -0.590. The lowest BCUT2D eigenvalue weighted by atomic mass is 9.97. The first-order valence-corrected chi connectivity index (χ1v) is 20.4. The molecule has 0 aromatic carbocycles. The number of unbranched alkanes of at least 4 members (excludes halogenated alkanes) is 18. The van der Waals surface area contributed by atoms with E-state index in [-0.39, 0.29) is 46.1 Å². The van der Waals surface area contributed by atoms with Gasteiger partial charge < -0.3 is 29.9 Å². The Kier molecular flexibility index (Phi) is 37.5. The second-order valence-electron chi connectivity index (χ2n) is 13.7. The summed E-state index contributed by atoms with van der Waals surface area (Å²) in [5.41, 5.74) is 0. The zero-order chi connectivity index (χ0) is 36.8. The maximum Gasteiger partial charge on any atom is 0.309 e. The van der Waals surface area contributed by atoms with Crippen molar-refractivity contribution in [2.45, 2.75) is 148 Å². The topological polar surface area (TPSA) is 140 Å². The number of aliphatic hydroxyl groups excluding tert-OH is 4. The molecule has 0 fully saturated rings. The first-order chi connectivity index (χ1) is 24.5. The fourth-order valence-corrected chi connectivity index (χ4v) is 6.18. The van der Waals surface area contributed by atoms with Crippen LogP contribution in [0.4, 0.5) is 0 Å². The van der Waals surface area contributed by atoms with Crippen molar-refractivity contribution in [3.8, 4) is 0 Å². The van der Waals surface area contributed by atoms with E-state index in [2.05, 4.69) is 19.1 Å². The number of aliphatic hydroxyl groups is 4. The summed E-state index contributed by atoms with van der Waals surface area (Å²) < 4.78 is 10.9. The quantitative estimate of drug-likeness (QED) is 0.0321. The van der Waals surface area contributed by atoms with Crippen molar-refractivity contribution < 1.29 is 39.5 Å². The van der Waals surface area contributed by atoms with Gasteiger partial charge >= 0.3 is 11.9 Å². The lowest BCUT2D eigenvalue weighted by Gasteiger charge is -2.21. The summed E-state index contributed by atoms with van der Waals surface area (Å²) in [6.07, 6.45) is 30.7. The highest BCUT2D eigenvalue weighted by Crippen LogP contribution is 2.19. The highest BCUT2D eigenvalue weighted by molar-refractivity contribution is 5.79. The van der Waals surface area contributed by atoms with Gasteiger partial charge in [0.25, 0.3) is 0 Å². The Morgan fingerprint density at radius 2 is 0.900 bits per heavy atom. The minimum Gasteiger partial charge on any atom is -0.464 e. The van der Waals surface area contributed by atoms with Gasteiger partial charge in [0.05, 0.1) is 38.8 Å². The van der Waals surface area contributed by atoms with E-state index < -0.39 is 17.9 Å². The van der Waals surface area contributed by atoms with Crippen molar-refractivity contribution in [2.24, 2.45) is 5.92 Å². The minimum absolute atomic E-state index is 0.0490. The Labute approximate surface area is 306 Å². The van der Waals surface area contributed by atoms with Gasteiger partial charge in [0.2, 0.25) is 0 Å². The van der Waals surface area contributed by atoms with Gasteiger partial charge in [0.1, 0.15) is 13.2 Å². The van der Waals surface area contributed by atoms with Gasteiger partial charge in [-0.05, 0) is 32.1 Å². The standard InChI is InChI=1S/C40H78N2O8/c1-2-3-4-5-6-7-8-9-10-11-12-13-14-15-16-17-18-19-20-21-22-23-24-38(40(48)50-36-30-42(27-33-45)28-34-46)37-39(47)49-35-29-41(25-31-43)26-32-44/h15-16,38,43-46H,2-14,17-37H2,1H3. The third kappa shape index (κ3) is 32.4. The van der Waals surface area contributed by atoms with Gasteiger partial charge in [-0.15, -0.1) is 0 Å². The van der Waals surface area contributed by atoms with Crippen molar-refractivity contribution in [2.75, 3.05) is 78.9 Å². The van der Waals surface area contributed by atoms with E-state index in [1.54, 1.807) is 4.90 Å². The Hall–Kier alpha value is -1.56. The zero-order valence-electron chi connectivity index (χ0n) is 32.1. The molecule has 1 atom stereocenters. The molecule has 0 rings (SSSR count). The molecule has 0 aliphatic heterocycles. The van der Waals surface area contributed by atoms with E-state index in [1.165, 1.54) is 96.3 Å². The molecule has 0 saturated heterocycles. The smallest absolute Gasteiger partial charge is 0.309 e. The molecular formula is C40H78N2O8. The number of nitrogens with zero attached hydrogens (tertiary/aromatic N) is 2. The molecule has 0 spiro atoms. The maximum atomic E-state index is 13.0. The van der Waals surface area contributed by atoms with Crippen molar-refractivity contribution in [1.29, 1.82) is 0 Å². The van der Waals surface area contributed by atoms with E-state index in [1.807, 2.05) is 4.90 Å². The number of allylic oxidation sites excluding steroid dienone is 2. The lowest BCUT2D eigenvalue weighted by Crippen LogP contribution is -2.34. The predicted molar refractivity (Wildman–Crippen MR) is 203 cm³/mol. The number of carbonyl (C=O) groups excluding carboxylic acids is 2. The molecule has 0 aliphatic rings. The predicted octanol–water partition coefficient (Wildman–Crippen LogP) is 6.42.